The zero-order chi connectivity index (χ0) is 7.44. The summed E-state index contributed by atoms with van der Waals surface area (Å²) in [6.45, 7) is 3.10. The molecule has 9 heavy (non-hydrogen) atoms. The van der Waals surface area contributed by atoms with Crippen LogP contribution in [-0.4, -0.2) is 10.2 Å². The summed E-state index contributed by atoms with van der Waals surface area (Å²) in [7, 11) is 0. The normalized spacial score (nSPS) is 15.2. The maximum atomic E-state index is 8.82. The Morgan fingerprint density at radius 2 is 1.89 bits per heavy atom. The molecule has 3 heteroatoms. The van der Waals surface area contributed by atoms with Gasteiger partial charge >= 0.3 is 0 Å². The van der Waals surface area contributed by atoms with E-state index in [2.05, 4.69) is 0 Å². The first kappa shape index (κ1) is 8.37. The minimum absolute atomic E-state index is 0.186. The molecule has 0 fully saturated rings. The number of rotatable bonds is 1. The van der Waals surface area contributed by atoms with E-state index in [1.807, 2.05) is 0 Å². The molecule has 0 bridgehead atoms. The molecule has 0 spiro atoms. The van der Waals surface area contributed by atoms with Crippen LogP contribution in [0.5, 0.6) is 0 Å². The third kappa shape index (κ3) is 2.42. The van der Waals surface area contributed by atoms with Crippen LogP contribution in [-0.2, 0) is 0 Å². The van der Waals surface area contributed by atoms with Gasteiger partial charge in [0.15, 0.2) is 11.5 Å². The Balaban J connectivity index is 4.40. The van der Waals surface area contributed by atoms with Crippen LogP contribution in [0.3, 0.4) is 0 Å². The summed E-state index contributed by atoms with van der Waals surface area (Å²) in [5, 5.41) is 17.8. The molecule has 0 unspecified atom stereocenters. The minimum atomic E-state index is -0.265. The van der Waals surface area contributed by atoms with E-state index in [1.54, 1.807) is 6.92 Å². The van der Waals surface area contributed by atoms with Crippen LogP contribution in [0.15, 0.2) is 22.6 Å². The average Bonchev–Trinajstić information content (AvgIpc) is 1.84. The van der Waals surface area contributed by atoms with Gasteiger partial charge in [0.25, 0.3) is 0 Å². The molecular weight excluding hydrogens is 140 g/mol. The first-order chi connectivity index (χ1) is 4.09. The fraction of sp³-hybridized carbons (Fsp3) is 0.333. The molecule has 0 aromatic carbocycles. The molecule has 0 saturated carbocycles. The number of halogens is 1. The number of aliphatic hydroxyl groups excluding tert-OH is 2. The summed E-state index contributed by atoms with van der Waals surface area (Å²) in [6.07, 6.45) is 1.36. The van der Waals surface area contributed by atoms with Crippen molar-refractivity contribution in [1.82, 2.24) is 0 Å². The van der Waals surface area contributed by atoms with Gasteiger partial charge in [-0.3, -0.25) is 0 Å². The van der Waals surface area contributed by atoms with Crippen molar-refractivity contribution < 1.29 is 10.2 Å². The van der Waals surface area contributed by atoms with Crippen molar-refractivity contribution in [1.29, 1.82) is 0 Å². The molecule has 0 atom stereocenters. The average molecular weight is 149 g/mol. The van der Waals surface area contributed by atoms with Crippen LogP contribution < -0.4 is 0 Å². The number of aliphatic hydroxyl groups is 2. The predicted molar refractivity (Wildman–Crippen MR) is 37.6 cm³/mol. The molecule has 2 N–H and O–H groups in total. The molecule has 0 radical (unpaired) electrons. The molecule has 0 aliphatic rings. The standard InChI is InChI=1S/C6H9ClO2/c1-3-5(8)6(9)4(2)7/h3,8-9H,1-2H3/b5-3+,6-4-. The van der Waals surface area contributed by atoms with Crippen molar-refractivity contribution >= 4 is 11.6 Å². The van der Waals surface area contributed by atoms with Gasteiger partial charge in [-0.15, -0.1) is 0 Å². The zero-order valence-electron chi connectivity index (χ0n) is 5.35. The molecule has 0 amide bonds. The molecule has 0 aliphatic heterocycles. The van der Waals surface area contributed by atoms with E-state index in [1.165, 1.54) is 13.0 Å². The molecule has 52 valence electrons. The lowest BCUT2D eigenvalue weighted by Gasteiger charge is -1.96. The summed E-state index contributed by atoms with van der Waals surface area (Å²) in [4.78, 5) is 0. The predicted octanol–water partition coefficient (Wildman–Crippen LogP) is 2.48. The van der Waals surface area contributed by atoms with Gasteiger partial charge in [0.2, 0.25) is 0 Å². The van der Waals surface area contributed by atoms with Crippen molar-refractivity contribution in [2.24, 2.45) is 0 Å². The highest BCUT2D eigenvalue weighted by molar-refractivity contribution is 6.29. The highest BCUT2D eigenvalue weighted by Crippen LogP contribution is 2.11. The third-order valence-electron chi connectivity index (χ3n) is 0.842. The Hall–Kier alpha value is -0.630. The fourth-order valence-electron chi connectivity index (χ4n) is 0.313. The van der Waals surface area contributed by atoms with E-state index in [-0.39, 0.29) is 16.6 Å². The van der Waals surface area contributed by atoms with Crippen LogP contribution in [0.1, 0.15) is 13.8 Å². The minimum Gasteiger partial charge on any atom is -0.504 e. The Labute approximate surface area is 59.1 Å². The summed E-state index contributed by atoms with van der Waals surface area (Å²) in [6, 6.07) is 0. The molecule has 0 aliphatic carbocycles. The summed E-state index contributed by atoms with van der Waals surface area (Å²) < 4.78 is 0. The molecule has 0 saturated heterocycles. The van der Waals surface area contributed by atoms with Gasteiger partial charge in [0.1, 0.15) is 0 Å². The molecular formula is C6H9ClO2. The second-order valence-electron chi connectivity index (χ2n) is 1.56. The van der Waals surface area contributed by atoms with E-state index in [4.69, 9.17) is 21.8 Å². The van der Waals surface area contributed by atoms with Crippen LogP contribution in [0.4, 0.5) is 0 Å². The van der Waals surface area contributed by atoms with Crippen molar-refractivity contribution in [2.45, 2.75) is 13.8 Å². The van der Waals surface area contributed by atoms with E-state index >= 15 is 0 Å². The lowest BCUT2D eigenvalue weighted by Crippen LogP contribution is -1.86. The smallest absolute Gasteiger partial charge is 0.171 e. The molecule has 0 rings (SSSR count). The van der Waals surface area contributed by atoms with Crippen molar-refractivity contribution in [3.8, 4) is 0 Å². The fourth-order valence-corrected chi connectivity index (χ4v) is 0.410. The van der Waals surface area contributed by atoms with Crippen LogP contribution >= 0.6 is 11.6 Å². The van der Waals surface area contributed by atoms with Crippen molar-refractivity contribution in [2.75, 3.05) is 0 Å². The Bertz CT molecular complexity index is 154. The van der Waals surface area contributed by atoms with Gasteiger partial charge in [-0.1, -0.05) is 11.6 Å². The van der Waals surface area contributed by atoms with Crippen LogP contribution in [0, 0.1) is 0 Å². The Morgan fingerprint density at radius 1 is 1.44 bits per heavy atom. The lowest BCUT2D eigenvalue weighted by atomic mass is 10.4. The van der Waals surface area contributed by atoms with Crippen LogP contribution in [0.2, 0.25) is 0 Å². The van der Waals surface area contributed by atoms with Gasteiger partial charge in [0.05, 0.1) is 5.03 Å². The Morgan fingerprint density at radius 3 is 2.00 bits per heavy atom. The van der Waals surface area contributed by atoms with Crippen LogP contribution in [0.25, 0.3) is 0 Å². The highest BCUT2D eigenvalue weighted by atomic mass is 35.5. The first-order valence-electron chi connectivity index (χ1n) is 2.50. The molecule has 0 aromatic rings. The second kappa shape index (κ2) is 3.41. The van der Waals surface area contributed by atoms with E-state index in [9.17, 15) is 0 Å². The highest BCUT2D eigenvalue weighted by Gasteiger charge is 2.00. The molecule has 0 aromatic heterocycles. The number of allylic oxidation sites excluding steroid dienone is 2. The largest absolute Gasteiger partial charge is 0.504 e. The summed E-state index contributed by atoms with van der Waals surface area (Å²) >= 11 is 5.33. The zero-order valence-corrected chi connectivity index (χ0v) is 6.11. The van der Waals surface area contributed by atoms with E-state index < -0.39 is 0 Å². The first-order valence-corrected chi connectivity index (χ1v) is 2.88. The maximum Gasteiger partial charge on any atom is 0.171 e. The summed E-state index contributed by atoms with van der Waals surface area (Å²) in [5.41, 5.74) is 0. The van der Waals surface area contributed by atoms with Gasteiger partial charge in [0, 0.05) is 0 Å². The molecule has 0 heterocycles. The second-order valence-corrected chi connectivity index (χ2v) is 2.12. The SMILES string of the molecule is C/C=C(O)\C(O)=C(/C)Cl. The summed E-state index contributed by atoms with van der Waals surface area (Å²) in [5.74, 6) is -0.457. The van der Waals surface area contributed by atoms with Gasteiger partial charge < -0.3 is 10.2 Å². The van der Waals surface area contributed by atoms with Gasteiger partial charge in [-0.2, -0.15) is 0 Å². The van der Waals surface area contributed by atoms with Crippen molar-refractivity contribution in [3.05, 3.63) is 22.6 Å². The topological polar surface area (TPSA) is 40.5 Å². The van der Waals surface area contributed by atoms with E-state index in [0.29, 0.717) is 0 Å². The molecule has 2 nitrogen and oxygen atoms in total. The number of hydrogen-bond acceptors (Lipinski definition) is 2. The maximum absolute atomic E-state index is 8.82. The lowest BCUT2D eigenvalue weighted by molar-refractivity contribution is 0.324. The number of hydrogen-bond donors (Lipinski definition) is 2. The van der Waals surface area contributed by atoms with Gasteiger partial charge in [-0.05, 0) is 19.9 Å². The third-order valence-corrected chi connectivity index (χ3v) is 1.02. The van der Waals surface area contributed by atoms with Gasteiger partial charge in [-0.25, -0.2) is 0 Å². The van der Waals surface area contributed by atoms with E-state index in [0.717, 1.165) is 0 Å². The Kier molecular flexibility index (Phi) is 3.17. The quantitative estimate of drug-likeness (QED) is 0.443. The monoisotopic (exact) mass is 148 g/mol. The van der Waals surface area contributed by atoms with Crippen molar-refractivity contribution in [3.63, 3.8) is 0 Å².